The van der Waals surface area contributed by atoms with Crippen LogP contribution in [0.15, 0.2) is 23.4 Å². The van der Waals surface area contributed by atoms with Crippen molar-refractivity contribution in [2.75, 3.05) is 18.4 Å². The summed E-state index contributed by atoms with van der Waals surface area (Å²) in [6.07, 6.45) is 6.55. The Bertz CT molecular complexity index is 551. The van der Waals surface area contributed by atoms with Crippen LogP contribution in [0.25, 0.3) is 0 Å². The summed E-state index contributed by atoms with van der Waals surface area (Å²) in [4.78, 5) is 14.1. The fourth-order valence-corrected chi connectivity index (χ4v) is 3.40. The lowest BCUT2D eigenvalue weighted by Crippen LogP contribution is -2.40. The van der Waals surface area contributed by atoms with Crippen LogP contribution in [0.4, 0.5) is 5.69 Å². The molecule has 1 aliphatic rings. The Morgan fingerprint density at radius 3 is 2.74 bits per heavy atom. The Kier molecular flexibility index (Phi) is 6.59. The fraction of sp³-hybridized carbons (Fsp3) is 0.556. The maximum Gasteiger partial charge on any atom is 0.270 e. The lowest BCUT2D eigenvalue weighted by molar-refractivity contribution is -0.110. The van der Waals surface area contributed by atoms with E-state index in [4.69, 9.17) is 5.21 Å². The van der Waals surface area contributed by atoms with Crippen LogP contribution in [0.5, 0.6) is 0 Å². The normalized spacial score (nSPS) is 17.4. The Morgan fingerprint density at radius 1 is 1.35 bits per heavy atom. The second-order valence-corrected chi connectivity index (χ2v) is 6.15. The molecule has 1 aromatic carbocycles. The molecule has 5 heteroatoms. The molecule has 1 aromatic rings. The minimum atomic E-state index is -0.418. The summed E-state index contributed by atoms with van der Waals surface area (Å²) >= 11 is 0. The molecule has 0 spiro atoms. The van der Waals surface area contributed by atoms with Crippen LogP contribution in [-0.2, 0) is 17.6 Å². The molecular weight excluding hydrogens is 290 g/mol. The average Bonchev–Trinajstić information content (AvgIpc) is 2.54. The minimum Gasteiger partial charge on any atom is -0.411 e. The van der Waals surface area contributed by atoms with Crippen LogP contribution >= 0.6 is 0 Å². The number of amides is 1. The Labute approximate surface area is 138 Å². The van der Waals surface area contributed by atoms with E-state index < -0.39 is 5.91 Å². The number of fused-ring (bicyclic) bond motifs is 1. The van der Waals surface area contributed by atoms with Crippen LogP contribution in [0.3, 0.4) is 0 Å². The van der Waals surface area contributed by atoms with Gasteiger partial charge in [0.05, 0.1) is 0 Å². The first-order valence-corrected chi connectivity index (χ1v) is 8.52. The van der Waals surface area contributed by atoms with Crippen molar-refractivity contribution >= 4 is 17.8 Å². The van der Waals surface area contributed by atoms with E-state index in [0.717, 1.165) is 24.7 Å². The van der Waals surface area contributed by atoms with Gasteiger partial charge in [0.15, 0.2) is 0 Å². The van der Waals surface area contributed by atoms with Crippen molar-refractivity contribution in [3.8, 4) is 0 Å². The third-order valence-corrected chi connectivity index (χ3v) is 4.39. The first kappa shape index (κ1) is 17.5. The number of anilines is 1. The molecule has 2 N–H and O–H groups in total. The van der Waals surface area contributed by atoms with Gasteiger partial charge in [-0.1, -0.05) is 25.1 Å². The van der Waals surface area contributed by atoms with Gasteiger partial charge in [0, 0.05) is 11.7 Å². The Morgan fingerprint density at radius 2 is 2.09 bits per heavy atom. The van der Waals surface area contributed by atoms with Gasteiger partial charge < -0.3 is 15.4 Å². The van der Waals surface area contributed by atoms with Crippen LogP contribution in [-0.4, -0.2) is 41.4 Å². The van der Waals surface area contributed by atoms with Crippen molar-refractivity contribution in [1.82, 2.24) is 4.90 Å². The van der Waals surface area contributed by atoms with E-state index in [9.17, 15) is 4.79 Å². The highest BCUT2D eigenvalue weighted by Gasteiger charge is 2.23. The lowest BCUT2D eigenvalue weighted by Gasteiger charge is -2.35. The van der Waals surface area contributed by atoms with E-state index in [2.05, 4.69) is 35.3 Å². The van der Waals surface area contributed by atoms with Crippen molar-refractivity contribution in [3.05, 3.63) is 29.3 Å². The van der Waals surface area contributed by atoms with Gasteiger partial charge in [0.1, 0.15) is 6.21 Å². The standard InChI is InChI=1S/C18H27N3O2/c1-3-9-21(10-4-2)17-8-6-14-11-16(7-5-15(14)12-17)20-18(22)13-19-23/h5,7,11,13,17,23H,3-4,6,8-10,12H2,1-2H3,(H,20,22)/b19-13-. The first-order chi connectivity index (χ1) is 11.2. The largest absolute Gasteiger partial charge is 0.411 e. The minimum absolute atomic E-state index is 0.418. The van der Waals surface area contributed by atoms with Gasteiger partial charge in [-0.25, -0.2) is 0 Å². The SMILES string of the molecule is CCCN(CCC)C1CCc2cc(NC(=O)/C=N\O)ccc2C1. The topological polar surface area (TPSA) is 64.9 Å². The maximum absolute atomic E-state index is 11.4. The fourth-order valence-electron chi connectivity index (χ4n) is 3.40. The third kappa shape index (κ3) is 4.79. The molecule has 0 aromatic heterocycles. The van der Waals surface area contributed by atoms with Gasteiger partial charge in [0.25, 0.3) is 5.91 Å². The summed E-state index contributed by atoms with van der Waals surface area (Å²) in [5.41, 5.74) is 3.45. The molecule has 0 saturated heterocycles. The summed E-state index contributed by atoms with van der Waals surface area (Å²) in [7, 11) is 0. The number of oxime groups is 1. The predicted octanol–water partition coefficient (Wildman–Crippen LogP) is 3.06. The molecule has 1 unspecified atom stereocenters. The molecule has 0 heterocycles. The third-order valence-electron chi connectivity index (χ3n) is 4.39. The number of carbonyl (C=O) groups is 1. The number of hydrogen-bond donors (Lipinski definition) is 2. The molecule has 0 aliphatic heterocycles. The molecule has 0 saturated carbocycles. The lowest BCUT2D eigenvalue weighted by atomic mass is 9.87. The molecule has 2 rings (SSSR count). The summed E-state index contributed by atoms with van der Waals surface area (Å²) in [6.45, 7) is 6.82. The smallest absolute Gasteiger partial charge is 0.270 e. The summed E-state index contributed by atoms with van der Waals surface area (Å²) in [5, 5.41) is 13.8. The van der Waals surface area contributed by atoms with E-state index in [1.807, 2.05) is 12.1 Å². The molecule has 1 aliphatic carbocycles. The molecule has 23 heavy (non-hydrogen) atoms. The van der Waals surface area contributed by atoms with Crippen molar-refractivity contribution < 1.29 is 10.0 Å². The van der Waals surface area contributed by atoms with E-state index in [0.29, 0.717) is 6.04 Å². The van der Waals surface area contributed by atoms with Crippen molar-refractivity contribution in [2.45, 2.75) is 52.0 Å². The predicted molar refractivity (Wildman–Crippen MR) is 93.3 cm³/mol. The molecule has 0 fully saturated rings. The Balaban J connectivity index is 2.05. The summed E-state index contributed by atoms with van der Waals surface area (Å²) in [5.74, 6) is -0.418. The van der Waals surface area contributed by atoms with E-state index >= 15 is 0 Å². The molecule has 1 atom stereocenters. The highest BCUT2D eigenvalue weighted by molar-refractivity contribution is 6.31. The van der Waals surface area contributed by atoms with Crippen LogP contribution in [0.1, 0.15) is 44.2 Å². The quantitative estimate of drug-likeness (QED) is 0.461. The molecule has 126 valence electrons. The molecule has 1 amide bonds. The average molecular weight is 317 g/mol. The first-order valence-electron chi connectivity index (χ1n) is 8.52. The zero-order chi connectivity index (χ0) is 16.7. The maximum atomic E-state index is 11.4. The number of benzene rings is 1. The Hall–Kier alpha value is -1.88. The van der Waals surface area contributed by atoms with Crippen molar-refractivity contribution in [2.24, 2.45) is 5.16 Å². The number of carbonyl (C=O) groups excluding carboxylic acids is 1. The second kappa shape index (κ2) is 8.67. The number of nitrogens with zero attached hydrogens (tertiary/aromatic N) is 2. The van der Waals surface area contributed by atoms with E-state index in [-0.39, 0.29) is 0 Å². The monoisotopic (exact) mass is 317 g/mol. The van der Waals surface area contributed by atoms with Gasteiger partial charge in [-0.05, 0) is 68.5 Å². The van der Waals surface area contributed by atoms with Gasteiger partial charge in [-0.2, -0.15) is 0 Å². The highest BCUT2D eigenvalue weighted by atomic mass is 16.4. The van der Waals surface area contributed by atoms with Gasteiger partial charge in [0.2, 0.25) is 0 Å². The van der Waals surface area contributed by atoms with E-state index in [1.165, 1.54) is 43.5 Å². The number of nitrogens with one attached hydrogen (secondary N) is 1. The van der Waals surface area contributed by atoms with Crippen molar-refractivity contribution in [1.29, 1.82) is 0 Å². The molecule has 5 nitrogen and oxygen atoms in total. The molecule has 0 radical (unpaired) electrons. The van der Waals surface area contributed by atoms with Gasteiger partial charge >= 0.3 is 0 Å². The van der Waals surface area contributed by atoms with Crippen LogP contribution in [0, 0.1) is 0 Å². The van der Waals surface area contributed by atoms with Crippen molar-refractivity contribution in [3.63, 3.8) is 0 Å². The summed E-state index contributed by atoms with van der Waals surface area (Å²) in [6, 6.07) is 6.71. The zero-order valence-corrected chi connectivity index (χ0v) is 14.1. The molecular formula is C18H27N3O2. The zero-order valence-electron chi connectivity index (χ0n) is 14.1. The highest BCUT2D eigenvalue weighted by Crippen LogP contribution is 2.27. The molecule has 0 bridgehead atoms. The van der Waals surface area contributed by atoms with Gasteiger partial charge in [-0.3, -0.25) is 4.79 Å². The van der Waals surface area contributed by atoms with Crippen LogP contribution in [0.2, 0.25) is 0 Å². The number of rotatable bonds is 7. The number of hydrogen-bond acceptors (Lipinski definition) is 4. The van der Waals surface area contributed by atoms with E-state index in [1.54, 1.807) is 0 Å². The van der Waals surface area contributed by atoms with Gasteiger partial charge in [-0.15, -0.1) is 0 Å². The van der Waals surface area contributed by atoms with Crippen LogP contribution < -0.4 is 5.32 Å². The summed E-state index contributed by atoms with van der Waals surface area (Å²) < 4.78 is 0. The second-order valence-electron chi connectivity index (χ2n) is 6.15. The number of aryl methyl sites for hydroxylation is 1.